The lowest BCUT2D eigenvalue weighted by Gasteiger charge is -2.28. The number of benzene rings is 1. The fourth-order valence-corrected chi connectivity index (χ4v) is 2.52. The highest BCUT2D eigenvalue weighted by molar-refractivity contribution is 5.80. The van der Waals surface area contributed by atoms with Gasteiger partial charge in [0.1, 0.15) is 5.54 Å². The molecule has 1 heterocycles. The van der Waals surface area contributed by atoms with E-state index in [1.165, 1.54) is 0 Å². The van der Waals surface area contributed by atoms with Gasteiger partial charge in [-0.2, -0.15) is 0 Å². The predicted molar refractivity (Wildman–Crippen MR) is 82.7 cm³/mol. The average Bonchev–Trinajstić information content (AvgIpc) is 2.98. The fourth-order valence-electron chi connectivity index (χ4n) is 2.52. The molecule has 0 aromatic heterocycles. The first-order chi connectivity index (χ1) is 9.93. The summed E-state index contributed by atoms with van der Waals surface area (Å²) in [5.74, 6) is -0.877. The molecule has 1 aromatic rings. The zero-order valence-electron chi connectivity index (χ0n) is 12.9. The molecule has 0 aliphatic carbocycles. The summed E-state index contributed by atoms with van der Waals surface area (Å²) >= 11 is 0. The quantitative estimate of drug-likeness (QED) is 0.837. The zero-order chi connectivity index (χ0) is 15.5. The number of carboxylic acids is 1. The molecule has 116 valence electrons. The van der Waals surface area contributed by atoms with Gasteiger partial charge < -0.3 is 14.7 Å². The second kappa shape index (κ2) is 6.45. The molecule has 21 heavy (non-hydrogen) atoms. The Labute approximate surface area is 125 Å². The summed E-state index contributed by atoms with van der Waals surface area (Å²) in [7, 11) is 3.92. The van der Waals surface area contributed by atoms with E-state index < -0.39 is 11.5 Å². The number of anilines is 1. The lowest BCUT2D eigenvalue weighted by atomic mass is 9.91. The van der Waals surface area contributed by atoms with Crippen molar-refractivity contribution in [3.8, 4) is 0 Å². The van der Waals surface area contributed by atoms with Crippen LogP contribution in [0.1, 0.15) is 25.3 Å². The lowest BCUT2D eigenvalue weighted by Crippen LogP contribution is -2.49. The largest absolute Gasteiger partial charge is 0.480 e. The van der Waals surface area contributed by atoms with Gasteiger partial charge in [0.15, 0.2) is 0 Å². The van der Waals surface area contributed by atoms with Crippen molar-refractivity contribution in [1.29, 1.82) is 0 Å². The molecule has 1 saturated heterocycles. The van der Waals surface area contributed by atoms with E-state index in [-0.39, 0.29) is 6.10 Å². The van der Waals surface area contributed by atoms with E-state index in [0.717, 1.165) is 30.7 Å². The van der Waals surface area contributed by atoms with Gasteiger partial charge in [0, 0.05) is 32.9 Å². The molecule has 0 radical (unpaired) electrons. The van der Waals surface area contributed by atoms with Crippen molar-refractivity contribution in [2.75, 3.05) is 32.1 Å². The summed E-state index contributed by atoms with van der Waals surface area (Å²) in [6.45, 7) is 3.03. The van der Waals surface area contributed by atoms with Crippen molar-refractivity contribution in [3.05, 3.63) is 29.8 Å². The highest BCUT2D eigenvalue weighted by Crippen LogP contribution is 2.24. The molecule has 5 nitrogen and oxygen atoms in total. The first-order valence-corrected chi connectivity index (χ1v) is 7.31. The molecule has 0 spiro atoms. The number of nitrogens with zero attached hydrogens (tertiary/aromatic N) is 1. The van der Waals surface area contributed by atoms with Crippen LogP contribution in [0, 0.1) is 0 Å². The number of carbonyl (C=O) groups is 1. The van der Waals surface area contributed by atoms with E-state index in [1.54, 1.807) is 6.92 Å². The number of hydrogen-bond acceptors (Lipinski definition) is 4. The van der Waals surface area contributed by atoms with Crippen LogP contribution in [0.15, 0.2) is 24.3 Å². The number of rotatable bonds is 6. The van der Waals surface area contributed by atoms with Crippen molar-refractivity contribution >= 4 is 11.7 Å². The molecule has 0 amide bonds. The molecule has 1 aliphatic rings. The highest BCUT2D eigenvalue weighted by atomic mass is 16.5. The number of hydrogen-bond donors (Lipinski definition) is 2. The van der Waals surface area contributed by atoms with Crippen molar-refractivity contribution in [2.24, 2.45) is 0 Å². The Balaban J connectivity index is 2.13. The van der Waals surface area contributed by atoms with Gasteiger partial charge >= 0.3 is 5.97 Å². The third-order valence-corrected chi connectivity index (χ3v) is 4.10. The number of carboxylic acid groups (broad SMARTS) is 1. The number of aliphatic carboxylic acids is 1. The lowest BCUT2D eigenvalue weighted by molar-refractivity contribution is -0.144. The highest BCUT2D eigenvalue weighted by Gasteiger charge is 2.35. The Hall–Kier alpha value is -1.59. The van der Waals surface area contributed by atoms with E-state index in [2.05, 4.69) is 5.32 Å². The summed E-state index contributed by atoms with van der Waals surface area (Å²) in [6.07, 6.45) is 2.15. The summed E-state index contributed by atoms with van der Waals surface area (Å²) in [6, 6.07) is 7.60. The molecule has 2 rings (SSSR count). The molecular formula is C16H24N2O3. The molecule has 2 N–H and O–H groups in total. The van der Waals surface area contributed by atoms with Crippen molar-refractivity contribution in [1.82, 2.24) is 5.32 Å². The Morgan fingerprint density at radius 2 is 2.10 bits per heavy atom. The van der Waals surface area contributed by atoms with Crippen LogP contribution in [0.2, 0.25) is 0 Å². The SMILES string of the molecule is CN(C)c1ccc(C(C)(NCC2CCCO2)C(=O)O)cc1. The van der Waals surface area contributed by atoms with Crippen LogP contribution in [0.25, 0.3) is 0 Å². The molecule has 0 bridgehead atoms. The van der Waals surface area contributed by atoms with Crippen LogP contribution in [0.5, 0.6) is 0 Å². The Bertz CT molecular complexity index is 481. The topological polar surface area (TPSA) is 61.8 Å². The Morgan fingerprint density at radius 3 is 2.57 bits per heavy atom. The van der Waals surface area contributed by atoms with Gasteiger partial charge in [0.2, 0.25) is 0 Å². The van der Waals surface area contributed by atoms with Crippen molar-refractivity contribution in [2.45, 2.75) is 31.4 Å². The van der Waals surface area contributed by atoms with Crippen LogP contribution in [0.3, 0.4) is 0 Å². The van der Waals surface area contributed by atoms with Crippen molar-refractivity contribution in [3.63, 3.8) is 0 Å². The number of ether oxygens (including phenoxy) is 1. The monoisotopic (exact) mass is 292 g/mol. The Kier molecular flexibility index (Phi) is 4.85. The fraction of sp³-hybridized carbons (Fsp3) is 0.562. The average molecular weight is 292 g/mol. The smallest absolute Gasteiger partial charge is 0.328 e. The summed E-state index contributed by atoms with van der Waals surface area (Å²) < 4.78 is 5.55. The molecule has 2 atom stereocenters. The van der Waals surface area contributed by atoms with Gasteiger partial charge in [-0.3, -0.25) is 5.32 Å². The van der Waals surface area contributed by atoms with E-state index in [0.29, 0.717) is 6.54 Å². The van der Waals surface area contributed by atoms with E-state index >= 15 is 0 Å². The van der Waals surface area contributed by atoms with Crippen molar-refractivity contribution < 1.29 is 14.6 Å². The van der Waals surface area contributed by atoms with Gasteiger partial charge in [-0.25, -0.2) is 4.79 Å². The van der Waals surface area contributed by atoms with E-state index in [4.69, 9.17) is 4.74 Å². The van der Waals surface area contributed by atoms with Gasteiger partial charge in [0.25, 0.3) is 0 Å². The van der Waals surface area contributed by atoms with Gasteiger partial charge in [-0.1, -0.05) is 12.1 Å². The minimum Gasteiger partial charge on any atom is -0.480 e. The first kappa shape index (κ1) is 15.8. The van der Waals surface area contributed by atoms with Crippen LogP contribution >= 0.6 is 0 Å². The molecule has 5 heteroatoms. The minimum atomic E-state index is -1.10. The second-order valence-corrected chi connectivity index (χ2v) is 5.89. The van der Waals surface area contributed by atoms with Crippen LogP contribution in [0.4, 0.5) is 5.69 Å². The van der Waals surface area contributed by atoms with Gasteiger partial charge in [-0.15, -0.1) is 0 Å². The van der Waals surface area contributed by atoms with Crippen LogP contribution in [-0.2, 0) is 15.1 Å². The van der Waals surface area contributed by atoms with E-state index in [9.17, 15) is 9.90 Å². The summed E-state index contributed by atoms with van der Waals surface area (Å²) in [4.78, 5) is 13.7. The van der Waals surface area contributed by atoms with Gasteiger partial charge in [-0.05, 0) is 37.5 Å². The third-order valence-electron chi connectivity index (χ3n) is 4.10. The first-order valence-electron chi connectivity index (χ1n) is 7.31. The third kappa shape index (κ3) is 3.54. The Morgan fingerprint density at radius 1 is 1.43 bits per heavy atom. The molecule has 1 aliphatic heterocycles. The molecule has 2 unspecified atom stereocenters. The maximum Gasteiger partial charge on any atom is 0.328 e. The standard InChI is InChI=1S/C16H24N2O3/c1-16(15(19)20,17-11-14-5-4-10-21-14)12-6-8-13(9-7-12)18(2)3/h6-9,14,17H,4-5,10-11H2,1-3H3,(H,19,20). The maximum absolute atomic E-state index is 11.7. The van der Waals surface area contributed by atoms with E-state index in [1.807, 2.05) is 43.3 Å². The maximum atomic E-state index is 11.7. The van der Waals surface area contributed by atoms with Crippen LogP contribution < -0.4 is 10.2 Å². The second-order valence-electron chi connectivity index (χ2n) is 5.89. The summed E-state index contributed by atoms with van der Waals surface area (Å²) in [5, 5.41) is 12.8. The molecular weight excluding hydrogens is 268 g/mol. The minimum absolute atomic E-state index is 0.115. The zero-order valence-corrected chi connectivity index (χ0v) is 12.9. The van der Waals surface area contributed by atoms with Gasteiger partial charge in [0.05, 0.1) is 6.10 Å². The normalized spacial score (nSPS) is 21.0. The van der Waals surface area contributed by atoms with Crippen LogP contribution in [-0.4, -0.2) is 44.4 Å². The molecule has 0 saturated carbocycles. The predicted octanol–water partition coefficient (Wildman–Crippen LogP) is 1.82. The molecule has 1 fully saturated rings. The summed E-state index contributed by atoms with van der Waals surface area (Å²) in [5.41, 5.74) is 0.695. The number of nitrogens with one attached hydrogen (secondary N) is 1. The molecule has 1 aromatic carbocycles.